The van der Waals surface area contributed by atoms with E-state index >= 15 is 0 Å². The number of urea groups is 1. The molecule has 0 spiro atoms. The van der Waals surface area contributed by atoms with Gasteiger partial charge in [0.2, 0.25) is 0 Å². The molecule has 1 atom stereocenters. The van der Waals surface area contributed by atoms with E-state index in [0.717, 1.165) is 19.3 Å². The highest BCUT2D eigenvalue weighted by Gasteiger charge is 2.23. The van der Waals surface area contributed by atoms with Gasteiger partial charge in [-0.2, -0.15) is 0 Å². The van der Waals surface area contributed by atoms with Crippen molar-refractivity contribution in [2.75, 3.05) is 19.5 Å². The van der Waals surface area contributed by atoms with Crippen LogP contribution in [0, 0.1) is 6.92 Å². The minimum Gasteiger partial charge on any atom is -0.493 e. The van der Waals surface area contributed by atoms with Crippen molar-refractivity contribution in [3.8, 4) is 11.5 Å². The van der Waals surface area contributed by atoms with Crippen molar-refractivity contribution in [1.29, 1.82) is 0 Å². The number of hydrogen-bond donors (Lipinski definition) is 3. The van der Waals surface area contributed by atoms with Gasteiger partial charge in [-0.3, -0.25) is 0 Å². The first-order valence-electron chi connectivity index (χ1n) is 9.47. The van der Waals surface area contributed by atoms with Crippen LogP contribution in [0.2, 0.25) is 0 Å². The van der Waals surface area contributed by atoms with E-state index in [1.807, 2.05) is 0 Å². The summed E-state index contributed by atoms with van der Waals surface area (Å²) in [6.07, 6.45) is 2.69. The predicted octanol–water partition coefficient (Wildman–Crippen LogP) is 4.17. The molecule has 1 unspecified atom stereocenters. The van der Waals surface area contributed by atoms with Crippen molar-refractivity contribution < 1.29 is 14.3 Å². The summed E-state index contributed by atoms with van der Waals surface area (Å²) in [7, 11) is 3.16. The third-order valence-electron chi connectivity index (χ3n) is 5.32. The van der Waals surface area contributed by atoms with E-state index in [-0.39, 0.29) is 12.1 Å². The van der Waals surface area contributed by atoms with Gasteiger partial charge in [0.05, 0.1) is 14.2 Å². The van der Waals surface area contributed by atoms with Gasteiger partial charge in [0, 0.05) is 40.8 Å². The lowest BCUT2D eigenvalue weighted by atomic mass is 9.91. The zero-order chi connectivity index (χ0) is 19.7. The SMILES string of the molecule is COc1ccc(NC(=O)NC2CCc3c([nH]c4ccc(C)cc34)C2)cc1OC. The van der Waals surface area contributed by atoms with Crippen molar-refractivity contribution in [3.63, 3.8) is 0 Å². The molecule has 1 aliphatic carbocycles. The van der Waals surface area contributed by atoms with Crippen molar-refractivity contribution in [3.05, 3.63) is 53.2 Å². The van der Waals surface area contributed by atoms with Crippen LogP contribution in [-0.4, -0.2) is 31.3 Å². The molecule has 1 heterocycles. The Labute approximate surface area is 164 Å². The maximum Gasteiger partial charge on any atom is 0.319 e. The molecule has 1 aromatic heterocycles. The normalized spacial score (nSPS) is 15.8. The fourth-order valence-corrected chi connectivity index (χ4v) is 3.93. The van der Waals surface area contributed by atoms with Gasteiger partial charge in [0.1, 0.15) is 0 Å². The van der Waals surface area contributed by atoms with Gasteiger partial charge in [-0.05, 0) is 49.6 Å². The van der Waals surface area contributed by atoms with E-state index in [0.29, 0.717) is 17.2 Å². The topological polar surface area (TPSA) is 75.4 Å². The Morgan fingerprint density at radius 2 is 1.93 bits per heavy atom. The second-order valence-corrected chi connectivity index (χ2v) is 7.24. The first kappa shape index (κ1) is 18.2. The number of benzene rings is 2. The summed E-state index contributed by atoms with van der Waals surface area (Å²) >= 11 is 0. The van der Waals surface area contributed by atoms with Gasteiger partial charge in [0.15, 0.2) is 11.5 Å². The Morgan fingerprint density at radius 3 is 2.71 bits per heavy atom. The van der Waals surface area contributed by atoms with Crippen molar-refractivity contribution in [2.24, 2.45) is 0 Å². The number of fused-ring (bicyclic) bond motifs is 3. The smallest absolute Gasteiger partial charge is 0.319 e. The van der Waals surface area contributed by atoms with Crippen LogP contribution in [0.5, 0.6) is 11.5 Å². The van der Waals surface area contributed by atoms with Gasteiger partial charge in [-0.15, -0.1) is 0 Å². The number of H-pyrrole nitrogens is 1. The molecule has 0 fully saturated rings. The van der Waals surface area contributed by atoms with E-state index in [1.54, 1.807) is 32.4 Å². The Morgan fingerprint density at radius 1 is 1.11 bits per heavy atom. The molecule has 2 aromatic carbocycles. The van der Waals surface area contributed by atoms with Crippen LogP contribution in [0.25, 0.3) is 10.9 Å². The molecular weight excluding hydrogens is 354 g/mol. The zero-order valence-electron chi connectivity index (χ0n) is 16.4. The Kier molecular flexibility index (Phi) is 4.86. The minimum absolute atomic E-state index is 0.0989. The summed E-state index contributed by atoms with van der Waals surface area (Å²) in [5.41, 5.74) is 5.71. The minimum atomic E-state index is -0.215. The predicted molar refractivity (Wildman–Crippen MR) is 111 cm³/mol. The van der Waals surface area contributed by atoms with Crippen LogP contribution in [0.1, 0.15) is 23.2 Å². The Bertz CT molecular complexity index is 1030. The first-order chi connectivity index (χ1) is 13.6. The fourth-order valence-electron chi connectivity index (χ4n) is 3.93. The number of ether oxygens (including phenoxy) is 2. The van der Waals surface area contributed by atoms with E-state index in [2.05, 4.69) is 40.7 Å². The summed E-state index contributed by atoms with van der Waals surface area (Å²) in [5, 5.41) is 7.27. The molecular formula is C22H25N3O3. The number of carbonyl (C=O) groups is 1. The molecule has 146 valence electrons. The van der Waals surface area contributed by atoms with E-state index in [9.17, 15) is 4.79 Å². The molecule has 0 saturated heterocycles. The number of nitrogens with one attached hydrogen (secondary N) is 3. The molecule has 0 aliphatic heterocycles. The molecule has 0 saturated carbocycles. The van der Waals surface area contributed by atoms with Crippen LogP contribution < -0.4 is 20.1 Å². The average Bonchev–Trinajstić information content (AvgIpc) is 3.04. The van der Waals surface area contributed by atoms with Crippen molar-refractivity contribution >= 4 is 22.6 Å². The summed E-state index contributed by atoms with van der Waals surface area (Å²) in [6, 6.07) is 11.7. The van der Waals surface area contributed by atoms with Crippen molar-refractivity contribution in [1.82, 2.24) is 10.3 Å². The van der Waals surface area contributed by atoms with Crippen LogP contribution in [-0.2, 0) is 12.8 Å². The number of anilines is 1. The molecule has 6 nitrogen and oxygen atoms in total. The third kappa shape index (κ3) is 3.50. The number of amides is 2. The van der Waals surface area contributed by atoms with Crippen LogP contribution in [0.4, 0.5) is 10.5 Å². The van der Waals surface area contributed by atoms with E-state index in [4.69, 9.17) is 9.47 Å². The fraction of sp³-hybridized carbons (Fsp3) is 0.318. The monoisotopic (exact) mass is 379 g/mol. The number of aromatic nitrogens is 1. The molecule has 2 amide bonds. The van der Waals surface area contributed by atoms with Crippen LogP contribution in [0.15, 0.2) is 36.4 Å². The summed E-state index contributed by atoms with van der Waals surface area (Å²) in [4.78, 5) is 16.0. The molecule has 3 N–H and O–H groups in total. The lowest BCUT2D eigenvalue weighted by Gasteiger charge is -2.23. The molecule has 4 rings (SSSR count). The second kappa shape index (κ2) is 7.46. The summed E-state index contributed by atoms with van der Waals surface area (Å²) in [5.74, 6) is 1.21. The molecule has 3 aromatic rings. The average molecular weight is 379 g/mol. The molecule has 1 aliphatic rings. The maximum absolute atomic E-state index is 12.5. The highest BCUT2D eigenvalue weighted by molar-refractivity contribution is 5.90. The highest BCUT2D eigenvalue weighted by Crippen LogP contribution is 2.31. The number of aromatic amines is 1. The third-order valence-corrected chi connectivity index (χ3v) is 5.32. The van der Waals surface area contributed by atoms with E-state index < -0.39 is 0 Å². The Balaban J connectivity index is 1.43. The van der Waals surface area contributed by atoms with E-state index in [1.165, 1.54) is 27.7 Å². The molecule has 6 heteroatoms. The standard InChI is InChI=1S/C22H25N3O3/c1-13-4-8-18-17(10-13)16-7-5-14(11-19(16)25-18)23-22(26)24-15-6-9-20(27-2)21(12-15)28-3/h4,6,8-10,12,14,25H,5,7,11H2,1-3H3,(H2,23,24,26). The van der Waals surface area contributed by atoms with Crippen molar-refractivity contribution in [2.45, 2.75) is 32.2 Å². The molecule has 0 radical (unpaired) electrons. The van der Waals surface area contributed by atoms with Crippen LogP contribution in [0.3, 0.4) is 0 Å². The quantitative estimate of drug-likeness (QED) is 0.637. The van der Waals surface area contributed by atoms with Gasteiger partial charge in [-0.25, -0.2) is 4.79 Å². The largest absolute Gasteiger partial charge is 0.493 e. The number of carbonyl (C=O) groups excluding carboxylic acids is 1. The lowest BCUT2D eigenvalue weighted by Crippen LogP contribution is -2.41. The maximum atomic E-state index is 12.5. The van der Waals surface area contributed by atoms with Gasteiger partial charge < -0.3 is 25.1 Å². The number of hydrogen-bond acceptors (Lipinski definition) is 3. The number of methoxy groups -OCH3 is 2. The van der Waals surface area contributed by atoms with Gasteiger partial charge in [-0.1, -0.05) is 11.6 Å². The van der Waals surface area contributed by atoms with Gasteiger partial charge in [0.25, 0.3) is 0 Å². The summed E-state index contributed by atoms with van der Waals surface area (Å²) < 4.78 is 10.5. The summed E-state index contributed by atoms with van der Waals surface area (Å²) in [6.45, 7) is 2.12. The molecule has 0 bridgehead atoms. The number of aryl methyl sites for hydroxylation is 2. The zero-order valence-corrected chi connectivity index (χ0v) is 16.4. The Hall–Kier alpha value is -3.15. The first-order valence-corrected chi connectivity index (χ1v) is 9.47. The highest BCUT2D eigenvalue weighted by atomic mass is 16.5. The second-order valence-electron chi connectivity index (χ2n) is 7.24. The van der Waals surface area contributed by atoms with Gasteiger partial charge >= 0.3 is 6.03 Å². The number of rotatable bonds is 4. The van der Waals surface area contributed by atoms with Crippen LogP contribution >= 0.6 is 0 Å². The molecule has 28 heavy (non-hydrogen) atoms. The lowest BCUT2D eigenvalue weighted by molar-refractivity contribution is 0.247.